The molecule has 1 aromatic carbocycles. The summed E-state index contributed by atoms with van der Waals surface area (Å²) in [6, 6.07) is 6.29. The van der Waals surface area contributed by atoms with Gasteiger partial charge in [0.1, 0.15) is 0 Å². The molecule has 0 radical (unpaired) electrons. The summed E-state index contributed by atoms with van der Waals surface area (Å²) in [4.78, 5) is 0. The van der Waals surface area contributed by atoms with Crippen molar-refractivity contribution in [3.05, 3.63) is 40.7 Å². The molecule has 2 rings (SSSR count). The first-order valence-electron chi connectivity index (χ1n) is 5.97. The van der Waals surface area contributed by atoms with Crippen molar-refractivity contribution >= 4 is 11.6 Å². The van der Waals surface area contributed by atoms with Crippen LogP contribution in [-0.4, -0.2) is 21.0 Å². The van der Waals surface area contributed by atoms with E-state index in [4.69, 9.17) is 11.6 Å². The van der Waals surface area contributed by atoms with Gasteiger partial charge in [-0.3, -0.25) is 0 Å². The fourth-order valence-electron chi connectivity index (χ4n) is 1.54. The highest BCUT2D eigenvalue weighted by Gasteiger charge is 2.05. The number of aromatic nitrogens is 3. The van der Waals surface area contributed by atoms with Crippen LogP contribution in [0, 0.1) is 6.92 Å². The average Bonchev–Trinajstić information content (AvgIpc) is 2.79. The Bertz CT molecular complexity index is 534. The Kier molecular flexibility index (Phi) is 3.99. The molecular formula is C13H17ClN4. The third kappa shape index (κ3) is 3.09. The van der Waals surface area contributed by atoms with Crippen molar-refractivity contribution in [2.24, 2.45) is 0 Å². The van der Waals surface area contributed by atoms with Crippen molar-refractivity contribution in [3.8, 4) is 5.69 Å². The number of aryl methyl sites for hydroxylation is 1. The molecule has 1 aromatic heterocycles. The molecule has 0 saturated carbocycles. The molecule has 1 N–H and O–H groups in total. The Hall–Kier alpha value is -1.39. The number of benzene rings is 1. The summed E-state index contributed by atoms with van der Waals surface area (Å²) < 4.78 is 1.74. The molecule has 0 saturated heterocycles. The van der Waals surface area contributed by atoms with Crippen LogP contribution < -0.4 is 5.32 Å². The summed E-state index contributed by atoms with van der Waals surface area (Å²) in [5, 5.41) is 12.3. The molecule has 96 valence electrons. The van der Waals surface area contributed by atoms with Crippen LogP contribution in [0.2, 0.25) is 5.02 Å². The second-order valence-corrected chi connectivity index (χ2v) is 5.03. The Morgan fingerprint density at radius 1 is 1.39 bits per heavy atom. The number of hydrogen-bond acceptors (Lipinski definition) is 3. The standard InChI is InChI=1S/C13H17ClN4/c1-9(2)15-7-11-8-18(17-16-11)12-5-4-10(3)13(14)6-12/h4-6,8-9,15H,7H2,1-3H3. The fraction of sp³-hybridized carbons (Fsp3) is 0.385. The van der Waals surface area contributed by atoms with E-state index in [2.05, 4.69) is 29.5 Å². The van der Waals surface area contributed by atoms with Crippen LogP contribution in [0.4, 0.5) is 0 Å². The van der Waals surface area contributed by atoms with Gasteiger partial charge >= 0.3 is 0 Å². The first kappa shape index (κ1) is 13.1. The van der Waals surface area contributed by atoms with E-state index in [1.165, 1.54) is 0 Å². The number of rotatable bonds is 4. The van der Waals surface area contributed by atoms with E-state index in [0.717, 1.165) is 28.5 Å². The van der Waals surface area contributed by atoms with E-state index >= 15 is 0 Å². The average molecular weight is 265 g/mol. The highest BCUT2D eigenvalue weighted by molar-refractivity contribution is 6.31. The van der Waals surface area contributed by atoms with E-state index in [-0.39, 0.29) is 0 Å². The van der Waals surface area contributed by atoms with Crippen molar-refractivity contribution in [3.63, 3.8) is 0 Å². The summed E-state index contributed by atoms with van der Waals surface area (Å²) in [6.07, 6.45) is 1.91. The summed E-state index contributed by atoms with van der Waals surface area (Å²) in [5.41, 5.74) is 2.90. The maximum Gasteiger partial charge on any atom is 0.0969 e. The van der Waals surface area contributed by atoms with Gasteiger partial charge in [-0.2, -0.15) is 0 Å². The predicted molar refractivity (Wildman–Crippen MR) is 73.1 cm³/mol. The maximum absolute atomic E-state index is 6.10. The lowest BCUT2D eigenvalue weighted by Gasteiger charge is -2.04. The molecule has 0 aliphatic carbocycles. The molecule has 1 heterocycles. The zero-order valence-corrected chi connectivity index (χ0v) is 11.6. The van der Waals surface area contributed by atoms with Crippen LogP contribution in [0.5, 0.6) is 0 Å². The number of nitrogens with zero attached hydrogens (tertiary/aromatic N) is 3. The molecule has 0 atom stereocenters. The Labute approximate surface area is 112 Å². The Morgan fingerprint density at radius 3 is 2.83 bits per heavy atom. The van der Waals surface area contributed by atoms with Crippen molar-refractivity contribution < 1.29 is 0 Å². The van der Waals surface area contributed by atoms with E-state index in [0.29, 0.717) is 6.04 Å². The lowest BCUT2D eigenvalue weighted by Crippen LogP contribution is -2.21. The van der Waals surface area contributed by atoms with Crippen LogP contribution in [-0.2, 0) is 6.54 Å². The third-order valence-corrected chi connectivity index (χ3v) is 3.06. The molecule has 2 aromatic rings. The second kappa shape index (κ2) is 5.50. The number of hydrogen-bond donors (Lipinski definition) is 1. The van der Waals surface area contributed by atoms with Gasteiger partial charge in [-0.25, -0.2) is 4.68 Å². The van der Waals surface area contributed by atoms with E-state index in [9.17, 15) is 0 Å². The lowest BCUT2D eigenvalue weighted by atomic mass is 10.2. The second-order valence-electron chi connectivity index (χ2n) is 4.62. The van der Waals surface area contributed by atoms with Crippen LogP contribution in [0.3, 0.4) is 0 Å². The predicted octanol–water partition coefficient (Wildman–Crippen LogP) is 2.73. The molecule has 5 heteroatoms. The van der Waals surface area contributed by atoms with Gasteiger partial charge in [0.2, 0.25) is 0 Å². The molecule has 0 fully saturated rings. The zero-order valence-electron chi connectivity index (χ0n) is 10.8. The summed E-state index contributed by atoms with van der Waals surface area (Å²) >= 11 is 6.10. The molecule has 0 amide bonds. The number of halogens is 1. The van der Waals surface area contributed by atoms with Crippen molar-refractivity contribution in [1.82, 2.24) is 20.3 Å². The van der Waals surface area contributed by atoms with Gasteiger partial charge in [0.25, 0.3) is 0 Å². The van der Waals surface area contributed by atoms with E-state index in [1.807, 2.05) is 31.3 Å². The lowest BCUT2D eigenvalue weighted by molar-refractivity contribution is 0.580. The van der Waals surface area contributed by atoms with Crippen LogP contribution >= 0.6 is 11.6 Å². The first-order chi connectivity index (χ1) is 8.56. The summed E-state index contributed by atoms with van der Waals surface area (Å²) in [6.45, 7) is 6.90. The van der Waals surface area contributed by atoms with Crippen LogP contribution in [0.1, 0.15) is 25.1 Å². The minimum atomic E-state index is 0.434. The zero-order chi connectivity index (χ0) is 13.1. The van der Waals surface area contributed by atoms with Crippen molar-refractivity contribution in [1.29, 1.82) is 0 Å². The summed E-state index contributed by atoms with van der Waals surface area (Å²) in [7, 11) is 0. The van der Waals surface area contributed by atoms with Gasteiger partial charge in [-0.1, -0.05) is 36.7 Å². The normalized spacial score (nSPS) is 11.2. The quantitative estimate of drug-likeness (QED) is 0.923. The highest BCUT2D eigenvalue weighted by atomic mass is 35.5. The fourth-order valence-corrected chi connectivity index (χ4v) is 1.71. The van der Waals surface area contributed by atoms with Gasteiger partial charge < -0.3 is 5.32 Å². The monoisotopic (exact) mass is 264 g/mol. The molecule has 0 aliphatic rings. The first-order valence-corrected chi connectivity index (χ1v) is 6.35. The van der Waals surface area contributed by atoms with Crippen LogP contribution in [0.25, 0.3) is 5.69 Å². The van der Waals surface area contributed by atoms with Crippen molar-refractivity contribution in [2.45, 2.75) is 33.4 Å². The third-order valence-electron chi connectivity index (χ3n) is 2.65. The Balaban J connectivity index is 2.16. The Morgan fingerprint density at radius 2 is 2.17 bits per heavy atom. The van der Waals surface area contributed by atoms with Gasteiger partial charge in [0.05, 0.1) is 17.6 Å². The van der Waals surface area contributed by atoms with Gasteiger partial charge in [-0.15, -0.1) is 5.10 Å². The van der Waals surface area contributed by atoms with Gasteiger partial charge in [0, 0.05) is 17.6 Å². The topological polar surface area (TPSA) is 42.7 Å². The van der Waals surface area contributed by atoms with Gasteiger partial charge in [-0.05, 0) is 24.6 Å². The van der Waals surface area contributed by atoms with Gasteiger partial charge in [0.15, 0.2) is 0 Å². The molecular weight excluding hydrogens is 248 g/mol. The van der Waals surface area contributed by atoms with Crippen LogP contribution in [0.15, 0.2) is 24.4 Å². The number of nitrogens with one attached hydrogen (secondary N) is 1. The van der Waals surface area contributed by atoms with E-state index in [1.54, 1.807) is 4.68 Å². The maximum atomic E-state index is 6.10. The molecule has 0 bridgehead atoms. The minimum absolute atomic E-state index is 0.434. The molecule has 4 nitrogen and oxygen atoms in total. The SMILES string of the molecule is Cc1ccc(-n2cc(CNC(C)C)nn2)cc1Cl. The molecule has 18 heavy (non-hydrogen) atoms. The molecule has 0 unspecified atom stereocenters. The largest absolute Gasteiger partial charge is 0.309 e. The highest BCUT2D eigenvalue weighted by Crippen LogP contribution is 2.18. The molecule has 0 spiro atoms. The minimum Gasteiger partial charge on any atom is -0.309 e. The molecule has 0 aliphatic heterocycles. The van der Waals surface area contributed by atoms with Crippen molar-refractivity contribution in [2.75, 3.05) is 0 Å². The summed E-state index contributed by atoms with van der Waals surface area (Å²) in [5.74, 6) is 0. The van der Waals surface area contributed by atoms with E-state index < -0.39 is 0 Å². The smallest absolute Gasteiger partial charge is 0.0969 e.